The van der Waals surface area contributed by atoms with Crippen LogP contribution in [0.5, 0.6) is 0 Å². The van der Waals surface area contributed by atoms with Gasteiger partial charge >= 0.3 is 0 Å². The number of carbonyl (C=O) groups excluding carboxylic acids is 1. The van der Waals surface area contributed by atoms with Gasteiger partial charge in [0.25, 0.3) is 0 Å². The number of fused-ring (bicyclic) bond motifs is 3. The molecule has 3 rings (SSSR count). The summed E-state index contributed by atoms with van der Waals surface area (Å²) in [5.74, 6) is 0. The molecule has 0 aliphatic rings. The van der Waals surface area contributed by atoms with E-state index in [0.717, 1.165) is 27.9 Å². The van der Waals surface area contributed by atoms with Crippen molar-refractivity contribution in [1.29, 1.82) is 0 Å². The summed E-state index contributed by atoms with van der Waals surface area (Å²) in [5, 5.41) is 6.44. The fourth-order valence-electron chi connectivity index (χ4n) is 2.30. The van der Waals surface area contributed by atoms with Crippen molar-refractivity contribution >= 4 is 28.9 Å². The van der Waals surface area contributed by atoms with Gasteiger partial charge in [-0.2, -0.15) is 5.10 Å². The van der Waals surface area contributed by atoms with Gasteiger partial charge in [0.2, 0.25) is 0 Å². The second kappa shape index (κ2) is 3.84. The van der Waals surface area contributed by atoms with E-state index in [2.05, 4.69) is 5.10 Å². The molecule has 0 aliphatic carbocycles. The van der Waals surface area contributed by atoms with Crippen LogP contribution in [0.3, 0.4) is 0 Å². The average molecular weight is 239 g/mol. The van der Waals surface area contributed by atoms with Gasteiger partial charge in [0.1, 0.15) is 0 Å². The molecule has 0 atom stereocenters. The molecule has 4 nitrogen and oxygen atoms in total. The molecule has 0 N–H and O–H groups in total. The van der Waals surface area contributed by atoms with Crippen LogP contribution >= 0.6 is 0 Å². The van der Waals surface area contributed by atoms with Gasteiger partial charge in [-0.3, -0.25) is 4.79 Å². The highest BCUT2D eigenvalue weighted by molar-refractivity contribution is 5.96. The Hall–Kier alpha value is -2.36. The Morgan fingerprint density at radius 3 is 2.78 bits per heavy atom. The van der Waals surface area contributed by atoms with Gasteiger partial charge in [0.05, 0.1) is 22.8 Å². The number of aromatic nitrogens is 2. The molecule has 0 spiro atoms. The Bertz CT molecular complexity index is 786. The number of para-hydroxylation sites is 1. The maximum atomic E-state index is 11.1. The fraction of sp³-hybridized carbons (Fsp3) is 0.143. The molecule has 0 bridgehead atoms. The molecule has 2 heterocycles. The van der Waals surface area contributed by atoms with Crippen LogP contribution in [-0.2, 0) is 0 Å². The molecule has 0 fully saturated rings. The third-order valence-electron chi connectivity index (χ3n) is 2.99. The van der Waals surface area contributed by atoms with E-state index in [0.29, 0.717) is 5.56 Å². The predicted octanol–water partition coefficient (Wildman–Crippen LogP) is 1.32. The number of benzene rings is 1. The first kappa shape index (κ1) is 10.8. The normalized spacial score (nSPS) is 12.4. The first-order valence-corrected chi connectivity index (χ1v) is 5.74. The summed E-state index contributed by atoms with van der Waals surface area (Å²) >= 11 is 0. The highest BCUT2D eigenvalue weighted by atomic mass is 16.1. The quantitative estimate of drug-likeness (QED) is 0.633. The summed E-state index contributed by atoms with van der Waals surface area (Å²) in [7, 11) is 3.93. The zero-order chi connectivity index (χ0) is 12.7. The first-order chi connectivity index (χ1) is 8.72. The lowest BCUT2D eigenvalue weighted by Crippen LogP contribution is -2.10. The Morgan fingerprint density at radius 1 is 1.28 bits per heavy atom. The lowest BCUT2D eigenvalue weighted by Gasteiger charge is -2.02. The van der Waals surface area contributed by atoms with Crippen LogP contribution in [-0.4, -0.2) is 34.9 Å². The molecule has 90 valence electrons. The molecule has 0 radical (unpaired) electrons. The van der Waals surface area contributed by atoms with E-state index in [4.69, 9.17) is 0 Å². The maximum Gasteiger partial charge on any atom is 0.153 e. The Morgan fingerprint density at radius 2 is 2.06 bits per heavy atom. The largest absolute Gasteiger partial charge is 0.383 e. The number of carbonyl (C=O) groups is 1. The molecular formula is C14H13N3O. The second-order valence-electron chi connectivity index (χ2n) is 4.50. The number of hydrogen-bond donors (Lipinski definition) is 0. The molecular weight excluding hydrogens is 226 g/mol. The van der Waals surface area contributed by atoms with Crippen molar-refractivity contribution in [3.63, 3.8) is 0 Å². The van der Waals surface area contributed by atoms with E-state index in [9.17, 15) is 4.79 Å². The van der Waals surface area contributed by atoms with Gasteiger partial charge in [-0.25, -0.2) is 4.52 Å². The van der Waals surface area contributed by atoms with E-state index in [1.165, 1.54) is 0 Å². The molecule has 0 aliphatic heterocycles. The maximum absolute atomic E-state index is 11.1. The van der Waals surface area contributed by atoms with Crippen LogP contribution in [0.4, 0.5) is 0 Å². The van der Waals surface area contributed by atoms with Gasteiger partial charge < -0.3 is 4.90 Å². The Balaban J connectivity index is 2.61. The van der Waals surface area contributed by atoms with E-state index in [-0.39, 0.29) is 0 Å². The molecule has 1 aromatic carbocycles. The average Bonchev–Trinajstić information content (AvgIpc) is 2.89. The second-order valence-corrected chi connectivity index (χ2v) is 4.50. The summed E-state index contributed by atoms with van der Waals surface area (Å²) < 4.78 is 1.83. The minimum atomic E-state index is 0.624. The van der Waals surface area contributed by atoms with Gasteiger partial charge in [-0.1, -0.05) is 18.2 Å². The lowest BCUT2D eigenvalue weighted by molar-refractivity contribution is 0.112. The molecule has 0 unspecified atom stereocenters. The number of nitrogens with zero attached hydrogens (tertiary/aromatic N) is 3. The van der Waals surface area contributed by atoms with Crippen molar-refractivity contribution < 1.29 is 4.79 Å². The predicted molar refractivity (Wildman–Crippen MR) is 71.5 cm³/mol. The number of rotatable bonds is 2. The third-order valence-corrected chi connectivity index (χ3v) is 2.99. The third kappa shape index (κ3) is 1.39. The fourth-order valence-corrected chi connectivity index (χ4v) is 2.30. The zero-order valence-corrected chi connectivity index (χ0v) is 10.3. The molecule has 0 amide bonds. The molecule has 2 aromatic heterocycles. The van der Waals surface area contributed by atoms with Crippen LogP contribution in [0.1, 0.15) is 10.4 Å². The SMILES string of the molecule is CN(C)/C=c1\c2ccccc2n2ncc(C=O)c12. The lowest BCUT2D eigenvalue weighted by atomic mass is 10.2. The van der Waals surface area contributed by atoms with Gasteiger partial charge in [-0.05, 0) is 6.07 Å². The van der Waals surface area contributed by atoms with Crippen LogP contribution in [0.25, 0.3) is 22.6 Å². The molecule has 4 heteroatoms. The molecule has 3 aromatic rings. The van der Waals surface area contributed by atoms with Crippen molar-refractivity contribution in [2.24, 2.45) is 0 Å². The smallest absolute Gasteiger partial charge is 0.153 e. The summed E-state index contributed by atoms with van der Waals surface area (Å²) in [6.07, 6.45) is 4.49. The summed E-state index contributed by atoms with van der Waals surface area (Å²) in [5.41, 5.74) is 2.52. The van der Waals surface area contributed by atoms with E-state index < -0.39 is 0 Å². The molecule has 0 saturated carbocycles. The summed E-state index contributed by atoms with van der Waals surface area (Å²) in [4.78, 5) is 13.1. The zero-order valence-electron chi connectivity index (χ0n) is 10.3. The van der Waals surface area contributed by atoms with Gasteiger partial charge in [-0.15, -0.1) is 0 Å². The van der Waals surface area contributed by atoms with Crippen LogP contribution in [0.2, 0.25) is 0 Å². The molecule has 0 saturated heterocycles. The van der Waals surface area contributed by atoms with Crippen molar-refractivity contribution in [3.05, 3.63) is 41.2 Å². The Labute approximate surface area is 104 Å². The van der Waals surface area contributed by atoms with Crippen molar-refractivity contribution in [2.75, 3.05) is 14.1 Å². The Kier molecular flexibility index (Phi) is 2.30. The number of aldehydes is 1. The van der Waals surface area contributed by atoms with E-state index in [1.807, 2.05) is 54.0 Å². The van der Waals surface area contributed by atoms with Crippen LogP contribution in [0.15, 0.2) is 30.5 Å². The van der Waals surface area contributed by atoms with Gasteiger partial charge in [0, 0.05) is 30.9 Å². The summed E-state index contributed by atoms with van der Waals surface area (Å²) in [6.45, 7) is 0. The first-order valence-electron chi connectivity index (χ1n) is 5.74. The minimum absolute atomic E-state index is 0.624. The monoisotopic (exact) mass is 239 g/mol. The topological polar surface area (TPSA) is 37.6 Å². The van der Waals surface area contributed by atoms with Crippen LogP contribution < -0.4 is 5.22 Å². The van der Waals surface area contributed by atoms with Crippen molar-refractivity contribution in [3.8, 4) is 0 Å². The minimum Gasteiger partial charge on any atom is -0.383 e. The van der Waals surface area contributed by atoms with Crippen molar-refractivity contribution in [2.45, 2.75) is 0 Å². The van der Waals surface area contributed by atoms with Gasteiger partial charge in [0.15, 0.2) is 6.29 Å². The summed E-state index contributed by atoms with van der Waals surface area (Å²) in [6, 6.07) is 8.03. The van der Waals surface area contributed by atoms with Crippen molar-refractivity contribution in [1.82, 2.24) is 14.5 Å². The standard InChI is InChI=1S/C14H13N3O/c1-16(2)8-12-11-5-3-4-6-13(11)17-14(12)10(9-18)7-15-17/h3-9H,1-2H3/b12-8+. The highest BCUT2D eigenvalue weighted by Gasteiger charge is 2.12. The highest BCUT2D eigenvalue weighted by Crippen LogP contribution is 2.16. The van der Waals surface area contributed by atoms with E-state index >= 15 is 0 Å². The molecule has 18 heavy (non-hydrogen) atoms. The van der Waals surface area contributed by atoms with Crippen LogP contribution in [0, 0.1) is 0 Å². The van der Waals surface area contributed by atoms with E-state index in [1.54, 1.807) is 6.20 Å². The number of hydrogen-bond acceptors (Lipinski definition) is 3.